The van der Waals surface area contributed by atoms with Crippen molar-refractivity contribution in [3.05, 3.63) is 23.8 Å². The second-order valence-corrected chi connectivity index (χ2v) is 11.0. The fourth-order valence-electron chi connectivity index (χ4n) is 3.01. The number of rotatable bonds is 5. The van der Waals surface area contributed by atoms with Crippen molar-refractivity contribution >= 4 is 15.6 Å². The van der Waals surface area contributed by atoms with Crippen LogP contribution in [0.25, 0.3) is 0 Å². The summed E-state index contributed by atoms with van der Waals surface area (Å²) >= 11 is 0. The van der Waals surface area contributed by atoms with Crippen molar-refractivity contribution < 1.29 is 4.43 Å². The average Bonchev–Trinajstić information content (AvgIpc) is 2.64. The largest absolute Gasteiger partial charge is 0.553 e. The standard InChI is InChI=1S/C13H24BOSi/c1-10(2)16(11(3)4,12(5)6)15-13-8-7-9-14-13/h7,9-12,14H,1-6H3. The van der Waals surface area contributed by atoms with E-state index in [1.165, 1.54) is 0 Å². The van der Waals surface area contributed by atoms with Gasteiger partial charge in [-0.2, -0.15) is 0 Å². The molecule has 89 valence electrons. The summed E-state index contributed by atoms with van der Waals surface area (Å²) in [5.41, 5.74) is 2.98. The Labute approximate surface area is 102 Å². The molecule has 3 heteroatoms. The van der Waals surface area contributed by atoms with E-state index >= 15 is 0 Å². The molecule has 0 saturated carbocycles. The molecule has 0 N–H and O–H groups in total. The Morgan fingerprint density at radius 1 is 1.06 bits per heavy atom. The molecule has 0 aromatic heterocycles. The maximum absolute atomic E-state index is 6.47. The Balaban J connectivity index is 2.93. The van der Waals surface area contributed by atoms with Crippen LogP contribution in [0.4, 0.5) is 0 Å². The van der Waals surface area contributed by atoms with Crippen molar-refractivity contribution in [2.45, 2.75) is 58.2 Å². The molecule has 0 unspecified atom stereocenters. The van der Waals surface area contributed by atoms with Crippen LogP contribution < -0.4 is 0 Å². The summed E-state index contributed by atoms with van der Waals surface area (Å²) < 4.78 is 6.47. The van der Waals surface area contributed by atoms with Crippen LogP contribution in [0.5, 0.6) is 0 Å². The van der Waals surface area contributed by atoms with Gasteiger partial charge in [0, 0.05) is 11.7 Å². The molecule has 1 heterocycles. The molecule has 0 aliphatic carbocycles. The van der Waals surface area contributed by atoms with E-state index in [2.05, 4.69) is 53.6 Å². The third-order valence-corrected chi connectivity index (χ3v) is 9.69. The zero-order chi connectivity index (χ0) is 12.3. The van der Waals surface area contributed by atoms with E-state index in [0.29, 0.717) is 16.6 Å². The molecule has 1 radical (unpaired) electrons. The predicted octanol–water partition coefficient (Wildman–Crippen LogP) is 3.79. The lowest BCUT2D eigenvalue weighted by atomic mass is 9.80. The molecule has 1 aliphatic heterocycles. The summed E-state index contributed by atoms with van der Waals surface area (Å²) in [6, 6.07) is 0. The second-order valence-electron chi connectivity index (χ2n) is 5.59. The van der Waals surface area contributed by atoms with E-state index in [0.717, 1.165) is 12.9 Å². The van der Waals surface area contributed by atoms with Gasteiger partial charge >= 0.3 is 0 Å². The average molecular weight is 235 g/mol. The monoisotopic (exact) mass is 235 g/mol. The van der Waals surface area contributed by atoms with Gasteiger partial charge < -0.3 is 4.43 Å². The molecule has 0 atom stereocenters. The van der Waals surface area contributed by atoms with E-state index in [1.54, 1.807) is 0 Å². The highest BCUT2D eigenvalue weighted by Crippen LogP contribution is 2.43. The molecule has 0 fully saturated rings. The summed E-state index contributed by atoms with van der Waals surface area (Å²) in [4.78, 5) is 0. The van der Waals surface area contributed by atoms with Gasteiger partial charge in [0.1, 0.15) is 0 Å². The summed E-state index contributed by atoms with van der Waals surface area (Å²) in [6.45, 7) is 13.9. The van der Waals surface area contributed by atoms with Crippen LogP contribution in [-0.4, -0.2) is 15.6 Å². The molecule has 1 aliphatic rings. The van der Waals surface area contributed by atoms with Crippen molar-refractivity contribution in [3.8, 4) is 0 Å². The highest BCUT2D eigenvalue weighted by molar-refractivity contribution is 6.78. The van der Waals surface area contributed by atoms with Gasteiger partial charge in [0.15, 0.2) is 0 Å². The van der Waals surface area contributed by atoms with Crippen molar-refractivity contribution in [3.63, 3.8) is 0 Å². The summed E-state index contributed by atoms with van der Waals surface area (Å²) in [7, 11) is -0.801. The van der Waals surface area contributed by atoms with Gasteiger partial charge in [-0.15, -0.1) is 5.98 Å². The number of hydrogen-bond acceptors (Lipinski definition) is 1. The van der Waals surface area contributed by atoms with E-state index in [1.807, 2.05) is 6.08 Å². The van der Waals surface area contributed by atoms with Crippen LogP contribution in [0.15, 0.2) is 17.7 Å². The van der Waals surface area contributed by atoms with Gasteiger partial charge in [-0.3, -0.25) is 0 Å². The smallest absolute Gasteiger partial charge is 0.257 e. The van der Waals surface area contributed by atoms with Gasteiger partial charge in [-0.05, 0) is 16.6 Å². The minimum atomic E-state index is -1.73. The number of hydrogen-bond donors (Lipinski definition) is 0. The molecule has 1 nitrogen and oxygen atoms in total. The van der Waals surface area contributed by atoms with Crippen LogP contribution in [0.3, 0.4) is 0 Å². The first-order chi connectivity index (χ1) is 7.41. The molecule has 0 aromatic carbocycles. The Morgan fingerprint density at radius 2 is 1.56 bits per heavy atom. The zero-order valence-electron chi connectivity index (χ0n) is 11.5. The van der Waals surface area contributed by atoms with Crippen molar-refractivity contribution in [2.24, 2.45) is 0 Å². The second kappa shape index (κ2) is 5.26. The van der Waals surface area contributed by atoms with Gasteiger partial charge in [-0.25, -0.2) is 0 Å². The fraction of sp³-hybridized carbons (Fsp3) is 0.692. The predicted molar refractivity (Wildman–Crippen MR) is 75.2 cm³/mol. The van der Waals surface area contributed by atoms with Gasteiger partial charge in [0.25, 0.3) is 8.32 Å². The lowest BCUT2D eigenvalue weighted by Crippen LogP contribution is -2.47. The van der Waals surface area contributed by atoms with Crippen LogP contribution in [0.1, 0.15) is 41.5 Å². The third-order valence-electron chi connectivity index (χ3n) is 3.67. The molecular weight excluding hydrogens is 211 g/mol. The van der Waals surface area contributed by atoms with Gasteiger partial charge in [0.05, 0.1) is 0 Å². The Kier molecular flexibility index (Phi) is 4.48. The Bertz CT molecular complexity index is 271. The fourth-order valence-corrected chi connectivity index (χ4v) is 8.29. The molecule has 0 spiro atoms. The maximum Gasteiger partial charge on any atom is 0.257 e. The molecule has 16 heavy (non-hydrogen) atoms. The van der Waals surface area contributed by atoms with Crippen LogP contribution in [0.2, 0.25) is 16.6 Å². The lowest BCUT2D eigenvalue weighted by Gasteiger charge is -2.42. The first kappa shape index (κ1) is 13.6. The molecule has 0 saturated heterocycles. The van der Waals surface area contributed by atoms with Crippen LogP contribution in [0, 0.1) is 6.08 Å². The minimum absolute atomic E-state index is 0.641. The van der Waals surface area contributed by atoms with Crippen molar-refractivity contribution in [2.75, 3.05) is 0 Å². The Hall–Kier alpha value is -0.438. The minimum Gasteiger partial charge on any atom is -0.553 e. The Morgan fingerprint density at radius 3 is 1.88 bits per heavy atom. The normalized spacial score (nSPS) is 15.9. The molecule has 0 aromatic rings. The molecule has 0 amide bonds. The molecular formula is C13H24BOSi. The van der Waals surface area contributed by atoms with E-state index < -0.39 is 8.32 Å². The lowest BCUT2D eigenvalue weighted by molar-refractivity contribution is 0.399. The van der Waals surface area contributed by atoms with Crippen LogP contribution in [-0.2, 0) is 4.43 Å². The van der Waals surface area contributed by atoms with Crippen molar-refractivity contribution in [1.29, 1.82) is 0 Å². The molecule has 0 bridgehead atoms. The first-order valence-corrected chi connectivity index (χ1v) is 8.51. The molecule has 1 rings (SSSR count). The third kappa shape index (κ3) is 2.45. The topological polar surface area (TPSA) is 9.23 Å². The SMILES string of the molecule is CC(C)[Si](OC1=[C]C=CB1)(C(C)C)C(C)C. The highest BCUT2D eigenvalue weighted by atomic mass is 28.4. The first-order valence-electron chi connectivity index (χ1n) is 6.37. The van der Waals surface area contributed by atoms with Gasteiger partial charge in [-0.1, -0.05) is 47.6 Å². The van der Waals surface area contributed by atoms with E-state index in [4.69, 9.17) is 4.43 Å². The number of allylic oxidation sites excluding steroid dienone is 2. The summed E-state index contributed by atoms with van der Waals surface area (Å²) in [5.74, 6) is 2.12. The van der Waals surface area contributed by atoms with Gasteiger partial charge in [0.2, 0.25) is 7.28 Å². The highest BCUT2D eigenvalue weighted by Gasteiger charge is 2.47. The van der Waals surface area contributed by atoms with Crippen molar-refractivity contribution in [1.82, 2.24) is 0 Å². The summed E-state index contributed by atoms with van der Waals surface area (Å²) in [6.07, 6.45) is 5.21. The van der Waals surface area contributed by atoms with E-state index in [9.17, 15) is 0 Å². The maximum atomic E-state index is 6.47. The van der Waals surface area contributed by atoms with E-state index in [-0.39, 0.29) is 0 Å². The quantitative estimate of drug-likeness (QED) is 0.659. The summed E-state index contributed by atoms with van der Waals surface area (Å²) in [5, 5.41) is 0. The van der Waals surface area contributed by atoms with Crippen LogP contribution >= 0.6 is 0 Å². The zero-order valence-corrected chi connectivity index (χ0v) is 12.5.